The van der Waals surface area contributed by atoms with Crippen molar-refractivity contribution in [3.05, 3.63) is 165 Å². The number of para-hydroxylation sites is 3. The number of hydrogen-bond acceptors (Lipinski definition) is 8. The lowest BCUT2D eigenvalue weighted by Gasteiger charge is -2.19. The maximum atomic E-state index is 5.50. The standard InChI is InChI=1S/2C10H12O.C9H10O2.2C9H10O.C8H8O2.CH4/c1-7-4-3-5-9-10(7)8(2)6-11-9;1-8-4-2-6-10-9(8)5-3-7-11-10;1-7-3-2-4-8-9(7)11-6-5-10-8;1-7-3-2-4-9-8(7)5-6-10-9;1-7-3-2-4-8-5-6-10-9(7)8;1-6-3-2-4-7-8(6)10-5-9-7;/h3-5,8H,6H2,1-2H3;2,4,6H,3,5,7H2,1H3;2-4H,5-6H2,1H3;2*2-4H,5-6H2,1H3;2-4H,5H2,1H3;1H4. The summed E-state index contributed by atoms with van der Waals surface area (Å²) in [6.45, 7) is 19.9. The van der Waals surface area contributed by atoms with Crippen molar-refractivity contribution in [3.8, 4) is 46.0 Å². The molecule has 0 aliphatic carbocycles. The highest BCUT2D eigenvalue weighted by molar-refractivity contribution is 5.49. The summed E-state index contributed by atoms with van der Waals surface area (Å²) in [5.74, 6) is 8.47. The van der Waals surface area contributed by atoms with E-state index in [0.29, 0.717) is 25.9 Å². The van der Waals surface area contributed by atoms with Gasteiger partial charge in [-0.3, -0.25) is 0 Å². The van der Waals surface area contributed by atoms with E-state index in [1.165, 1.54) is 50.9 Å². The van der Waals surface area contributed by atoms with Gasteiger partial charge < -0.3 is 37.9 Å². The van der Waals surface area contributed by atoms with Crippen LogP contribution in [0.5, 0.6) is 46.0 Å². The molecule has 64 heavy (non-hydrogen) atoms. The molecule has 1 unspecified atom stereocenters. The molecule has 6 aliphatic heterocycles. The molecule has 0 amide bonds. The van der Waals surface area contributed by atoms with Crippen LogP contribution in [0, 0.1) is 41.5 Å². The Kier molecular flexibility index (Phi) is 16.9. The molecular weight excluding hydrogens is 801 g/mol. The first-order valence-corrected chi connectivity index (χ1v) is 22.2. The summed E-state index contributed by atoms with van der Waals surface area (Å²) in [6.07, 6.45) is 4.51. The summed E-state index contributed by atoms with van der Waals surface area (Å²) in [4.78, 5) is 0. The zero-order valence-electron chi connectivity index (χ0n) is 38.0. The predicted molar refractivity (Wildman–Crippen MR) is 257 cm³/mol. The second kappa shape index (κ2) is 22.9. The number of aryl methyl sites for hydroxylation is 6. The van der Waals surface area contributed by atoms with Gasteiger partial charge in [0.2, 0.25) is 6.79 Å². The van der Waals surface area contributed by atoms with Crippen LogP contribution in [0.25, 0.3) is 0 Å². The van der Waals surface area contributed by atoms with Gasteiger partial charge >= 0.3 is 0 Å². The predicted octanol–water partition coefficient (Wildman–Crippen LogP) is 12.8. The molecule has 0 bridgehead atoms. The fourth-order valence-corrected chi connectivity index (χ4v) is 8.34. The number of ether oxygens (including phenoxy) is 8. The summed E-state index contributed by atoms with van der Waals surface area (Å²) < 4.78 is 43.0. The van der Waals surface area contributed by atoms with Crippen LogP contribution in [0.15, 0.2) is 109 Å². The average Bonchev–Trinajstić information content (AvgIpc) is 4.15. The minimum atomic E-state index is 0. The summed E-state index contributed by atoms with van der Waals surface area (Å²) >= 11 is 0. The molecule has 6 heterocycles. The fraction of sp³-hybridized carbons (Fsp3) is 0.357. The monoisotopic (exact) mass is 866 g/mol. The van der Waals surface area contributed by atoms with Gasteiger partial charge in [-0.2, -0.15) is 0 Å². The van der Waals surface area contributed by atoms with Crippen LogP contribution in [0.1, 0.15) is 82.3 Å². The van der Waals surface area contributed by atoms with Gasteiger partial charge in [0, 0.05) is 29.9 Å². The summed E-state index contributed by atoms with van der Waals surface area (Å²) in [7, 11) is 0. The summed E-state index contributed by atoms with van der Waals surface area (Å²) in [6, 6.07) is 36.8. The minimum Gasteiger partial charge on any atom is -0.493 e. The Morgan fingerprint density at radius 1 is 0.375 bits per heavy atom. The molecule has 6 aromatic rings. The lowest BCUT2D eigenvalue weighted by atomic mass is 9.99. The van der Waals surface area contributed by atoms with Crippen molar-refractivity contribution in [1.29, 1.82) is 0 Å². The van der Waals surface area contributed by atoms with Crippen LogP contribution in [-0.4, -0.2) is 46.4 Å². The fourth-order valence-electron chi connectivity index (χ4n) is 8.34. The topological polar surface area (TPSA) is 73.8 Å². The van der Waals surface area contributed by atoms with E-state index < -0.39 is 0 Å². The van der Waals surface area contributed by atoms with Crippen LogP contribution in [-0.2, 0) is 19.3 Å². The first-order valence-electron chi connectivity index (χ1n) is 22.2. The third-order valence-corrected chi connectivity index (χ3v) is 11.7. The van der Waals surface area contributed by atoms with Gasteiger partial charge in [0.25, 0.3) is 0 Å². The Balaban J connectivity index is 0.000000127. The molecule has 0 N–H and O–H groups in total. The van der Waals surface area contributed by atoms with Gasteiger partial charge in [-0.05, 0) is 129 Å². The van der Waals surface area contributed by atoms with Crippen LogP contribution in [0.4, 0.5) is 0 Å². The number of hydrogen-bond donors (Lipinski definition) is 0. The third-order valence-electron chi connectivity index (χ3n) is 11.7. The number of benzene rings is 6. The Hall–Kier alpha value is -6.28. The van der Waals surface area contributed by atoms with Crippen LogP contribution in [0.3, 0.4) is 0 Å². The maximum absolute atomic E-state index is 5.50. The Labute approximate surface area is 381 Å². The molecule has 12 rings (SSSR count). The molecule has 0 aromatic heterocycles. The Bertz CT molecular complexity index is 2260. The van der Waals surface area contributed by atoms with Gasteiger partial charge in [-0.25, -0.2) is 0 Å². The Morgan fingerprint density at radius 3 is 1.45 bits per heavy atom. The number of rotatable bonds is 0. The first-order chi connectivity index (χ1) is 30.7. The molecular formula is C56H66O8. The highest BCUT2D eigenvalue weighted by atomic mass is 16.7. The highest BCUT2D eigenvalue weighted by Crippen LogP contribution is 2.37. The molecule has 0 spiro atoms. The van der Waals surface area contributed by atoms with E-state index in [-0.39, 0.29) is 7.43 Å². The van der Waals surface area contributed by atoms with Gasteiger partial charge in [-0.15, -0.1) is 0 Å². The molecule has 0 saturated carbocycles. The quantitative estimate of drug-likeness (QED) is 0.149. The number of fused-ring (bicyclic) bond motifs is 6. The van der Waals surface area contributed by atoms with E-state index in [9.17, 15) is 0 Å². The van der Waals surface area contributed by atoms with Crippen molar-refractivity contribution in [2.45, 2.75) is 87.5 Å². The SMILES string of the molecule is C.Cc1cccc2c1C(C)CO2.Cc1cccc2c1CCCO2.Cc1cccc2c1CCO2.Cc1cccc2c1OCC2.Cc1cccc2c1OCCO2.Cc1cccc2c1OCO2. The van der Waals surface area contributed by atoms with Crippen molar-refractivity contribution < 1.29 is 37.9 Å². The van der Waals surface area contributed by atoms with Gasteiger partial charge in [0.1, 0.15) is 36.2 Å². The van der Waals surface area contributed by atoms with E-state index in [2.05, 4.69) is 83.1 Å². The van der Waals surface area contributed by atoms with E-state index in [1.54, 1.807) is 0 Å². The molecule has 8 heteroatoms. The van der Waals surface area contributed by atoms with Crippen molar-refractivity contribution >= 4 is 0 Å². The van der Waals surface area contributed by atoms with Crippen molar-refractivity contribution in [2.24, 2.45) is 0 Å². The van der Waals surface area contributed by atoms with Gasteiger partial charge in [0.05, 0.1) is 26.4 Å². The first kappa shape index (κ1) is 47.2. The molecule has 8 nitrogen and oxygen atoms in total. The average molecular weight is 867 g/mol. The summed E-state index contributed by atoms with van der Waals surface area (Å²) in [5.41, 5.74) is 13.2. The zero-order chi connectivity index (χ0) is 44.1. The molecule has 338 valence electrons. The van der Waals surface area contributed by atoms with E-state index in [0.717, 1.165) is 103 Å². The van der Waals surface area contributed by atoms with E-state index in [1.807, 2.05) is 74.5 Å². The smallest absolute Gasteiger partial charge is 0.231 e. The molecule has 6 aliphatic rings. The van der Waals surface area contributed by atoms with Crippen molar-refractivity contribution in [1.82, 2.24) is 0 Å². The van der Waals surface area contributed by atoms with Crippen molar-refractivity contribution in [2.75, 3.05) is 46.4 Å². The second-order valence-corrected chi connectivity index (χ2v) is 16.4. The second-order valence-electron chi connectivity index (χ2n) is 16.4. The van der Waals surface area contributed by atoms with Crippen LogP contribution < -0.4 is 37.9 Å². The van der Waals surface area contributed by atoms with Gasteiger partial charge in [-0.1, -0.05) is 93.2 Å². The molecule has 0 radical (unpaired) electrons. The lowest BCUT2D eigenvalue weighted by molar-refractivity contribution is 0.170. The molecule has 6 aromatic carbocycles. The van der Waals surface area contributed by atoms with Gasteiger partial charge in [0.15, 0.2) is 23.0 Å². The minimum absolute atomic E-state index is 0. The molecule has 0 fully saturated rings. The molecule has 1 atom stereocenters. The van der Waals surface area contributed by atoms with E-state index >= 15 is 0 Å². The lowest BCUT2D eigenvalue weighted by Crippen LogP contribution is -2.15. The third kappa shape index (κ3) is 11.8. The molecule has 0 saturated heterocycles. The highest BCUT2D eigenvalue weighted by Gasteiger charge is 2.21. The maximum Gasteiger partial charge on any atom is 0.231 e. The van der Waals surface area contributed by atoms with Crippen LogP contribution >= 0.6 is 0 Å². The zero-order valence-corrected chi connectivity index (χ0v) is 38.0. The van der Waals surface area contributed by atoms with E-state index in [4.69, 9.17) is 37.9 Å². The van der Waals surface area contributed by atoms with Crippen molar-refractivity contribution in [3.63, 3.8) is 0 Å². The van der Waals surface area contributed by atoms with Crippen LogP contribution in [0.2, 0.25) is 0 Å². The largest absolute Gasteiger partial charge is 0.493 e. The summed E-state index contributed by atoms with van der Waals surface area (Å²) in [5, 5.41) is 0. The Morgan fingerprint density at radius 2 is 0.844 bits per heavy atom. The normalized spacial score (nSPS) is 15.5.